The average molecular weight is 265 g/mol. The van der Waals surface area contributed by atoms with Crippen LogP contribution in [0.25, 0.3) is 0 Å². The monoisotopic (exact) mass is 265 g/mol. The topological polar surface area (TPSA) is 53.5 Å². The summed E-state index contributed by atoms with van der Waals surface area (Å²) < 4.78 is 4.26. The lowest BCUT2D eigenvalue weighted by atomic mass is 10.2. The molecule has 18 heavy (non-hydrogen) atoms. The number of aromatic nitrogens is 1. The highest BCUT2D eigenvalue weighted by atomic mass is 32.1. The molecule has 1 aromatic rings. The Bertz CT molecular complexity index is 484. The van der Waals surface area contributed by atoms with Crippen molar-refractivity contribution < 1.29 is 9.59 Å². The number of amides is 3. The van der Waals surface area contributed by atoms with Gasteiger partial charge in [-0.25, -0.2) is 4.79 Å². The molecule has 0 radical (unpaired) electrons. The summed E-state index contributed by atoms with van der Waals surface area (Å²) in [5, 5.41) is 0. The Kier molecular flexibility index (Phi) is 2.62. The number of carbonyl (C=O) groups excluding carboxylic acids is 2. The second-order valence-electron chi connectivity index (χ2n) is 4.86. The maximum absolute atomic E-state index is 12.2. The molecule has 0 aliphatic carbocycles. The molecule has 0 saturated carbocycles. The summed E-state index contributed by atoms with van der Waals surface area (Å²) >= 11 is 1.43. The van der Waals surface area contributed by atoms with E-state index in [0.717, 1.165) is 29.0 Å². The van der Waals surface area contributed by atoms with E-state index in [0.29, 0.717) is 13.1 Å². The summed E-state index contributed by atoms with van der Waals surface area (Å²) in [6.07, 6.45) is 1.75. The number of rotatable bonds is 2. The first-order chi connectivity index (χ1) is 8.59. The molecule has 2 fully saturated rings. The molecule has 0 N–H and O–H groups in total. The van der Waals surface area contributed by atoms with Crippen LogP contribution in [-0.4, -0.2) is 38.7 Å². The van der Waals surface area contributed by atoms with E-state index in [1.54, 1.807) is 4.90 Å². The van der Waals surface area contributed by atoms with Crippen LogP contribution in [0, 0.1) is 13.8 Å². The molecule has 2 aliphatic heterocycles. The van der Waals surface area contributed by atoms with E-state index in [2.05, 4.69) is 4.37 Å². The molecule has 2 aliphatic rings. The molecular formula is C12H15N3O2S. The van der Waals surface area contributed by atoms with Crippen molar-refractivity contribution in [2.45, 2.75) is 39.3 Å². The van der Waals surface area contributed by atoms with Gasteiger partial charge in [-0.15, -0.1) is 0 Å². The van der Waals surface area contributed by atoms with Gasteiger partial charge in [0.05, 0.1) is 12.2 Å². The van der Waals surface area contributed by atoms with E-state index < -0.39 is 0 Å². The van der Waals surface area contributed by atoms with Gasteiger partial charge in [-0.1, -0.05) is 0 Å². The number of carbonyl (C=O) groups is 2. The maximum atomic E-state index is 12.2. The fourth-order valence-corrected chi connectivity index (χ4v) is 3.42. The molecule has 0 spiro atoms. The zero-order valence-electron chi connectivity index (χ0n) is 10.5. The minimum absolute atomic E-state index is 0.0394. The summed E-state index contributed by atoms with van der Waals surface area (Å²) in [4.78, 5) is 28.5. The van der Waals surface area contributed by atoms with Crippen LogP contribution in [0.4, 0.5) is 4.79 Å². The largest absolute Gasteiger partial charge is 0.327 e. The van der Waals surface area contributed by atoms with Crippen molar-refractivity contribution >= 4 is 23.5 Å². The van der Waals surface area contributed by atoms with Crippen molar-refractivity contribution in [2.24, 2.45) is 0 Å². The predicted molar refractivity (Wildman–Crippen MR) is 67.3 cm³/mol. The lowest BCUT2D eigenvalue weighted by Gasteiger charge is -2.15. The summed E-state index contributed by atoms with van der Waals surface area (Å²) in [7, 11) is 0. The number of hydrogen-bond donors (Lipinski definition) is 0. The fourth-order valence-electron chi connectivity index (χ4n) is 2.71. The summed E-state index contributed by atoms with van der Waals surface area (Å²) in [5.74, 6) is -0.0394. The van der Waals surface area contributed by atoms with E-state index in [1.807, 2.05) is 13.8 Å². The van der Waals surface area contributed by atoms with Gasteiger partial charge in [0.25, 0.3) is 5.91 Å². The maximum Gasteiger partial charge on any atom is 0.327 e. The Balaban J connectivity index is 1.86. The van der Waals surface area contributed by atoms with Crippen LogP contribution >= 0.6 is 11.5 Å². The van der Waals surface area contributed by atoms with E-state index in [9.17, 15) is 9.59 Å². The smallest absolute Gasteiger partial charge is 0.312 e. The molecule has 5 nitrogen and oxygen atoms in total. The highest BCUT2D eigenvalue weighted by molar-refractivity contribution is 7.05. The average Bonchev–Trinajstić information content (AvgIpc) is 2.98. The molecule has 1 atom stereocenters. The van der Waals surface area contributed by atoms with Crippen molar-refractivity contribution in [3.05, 3.63) is 16.1 Å². The van der Waals surface area contributed by atoms with Crippen LogP contribution in [-0.2, 0) is 11.3 Å². The Morgan fingerprint density at radius 3 is 2.78 bits per heavy atom. The number of aryl methyl sites for hydroxylation is 2. The van der Waals surface area contributed by atoms with Gasteiger partial charge in [-0.2, -0.15) is 4.37 Å². The van der Waals surface area contributed by atoms with E-state index >= 15 is 0 Å². The molecule has 2 saturated heterocycles. The van der Waals surface area contributed by atoms with Gasteiger partial charge >= 0.3 is 6.03 Å². The normalized spacial score (nSPS) is 23.1. The lowest BCUT2D eigenvalue weighted by molar-refractivity contribution is -0.128. The Morgan fingerprint density at radius 2 is 2.17 bits per heavy atom. The number of imide groups is 1. The van der Waals surface area contributed by atoms with Gasteiger partial charge in [-0.05, 0) is 38.2 Å². The van der Waals surface area contributed by atoms with Crippen LogP contribution in [0.1, 0.15) is 29.0 Å². The molecule has 0 bridgehead atoms. The third-order valence-corrected chi connectivity index (χ3v) is 4.66. The van der Waals surface area contributed by atoms with Gasteiger partial charge in [0.15, 0.2) is 0 Å². The number of urea groups is 1. The van der Waals surface area contributed by atoms with Gasteiger partial charge < -0.3 is 4.90 Å². The van der Waals surface area contributed by atoms with Crippen molar-refractivity contribution in [3.8, 4) is 0 Å². The SMILES string of the molecule is Cc1nsc(C)c1CN1C(=O)C2CCCN2C1=O. The van der Waals surface area contributed by atoms with Crippen molar-refractivity contribution in [2.75, 3.05) is 6.54 Å². The first-order valence-corrected chi connectivity index (χ1v) is 6.90. The summed E-state index contributed by atoms with van der Waals surface area (Å²) in [6.45, 7) is 4.99. The molecule has 3 amide bonds. The van der Waals surface area contributed by atoms with Crippen LogP contribution in [0.2, 0.25) is 0 Å². The molecule has 1 unspecified atom stereocenters. The van der Waals surface area contributed by atoms with Gasteiger partial charge in [-0.3, -0.25) is 9.69 Å². The number of fused-ring (bicyclic) bond motifs is 1. The Hall–Kier alpha value is -1.43. The van der Waals surface area contributed by atoms with Crippen molar-refractivity contribution in [1.29, 1.82) is 0 Å². The molecule has 6 heteroatoms. The van der Waals surface area contributed by atoms with E-state index in [-0.39, 0.29) is 18.0 Å². The van der Waals surface area contributed by atoms with E-state index in [1.165, 1.54) is 16.4 Å². The predicted octanol–water partition coefficient (Wildman–Crippen LogP) is 1.69. The van der Waals surface area contributed by atoms with Crippen molar-refractivity contribution in [1.82, 2.24) is 14.2 Å². The van der Waals surface area contributed by atoms with Crippen LogP contribution < -0.4 is 0 Å². The zero-order valence-corrected chi connectivity index (χ0v) is 11.3. The van der Waals surface area contributed by atoms with Crippen LogP contribution in [0.5, 0.6) is 0 Å². The first kappa shape index (κ1) is 11.6. The van der Waals surface area contributed by atoms with Crippen molar-refractivity contribution in [3.63, 3.8) is 0 Å². The zero-order chi connectivity index (χ0) is 12.9. The molecule has 0 aromatic carbocycles. The third kappa shape index (κ3) is 1.55. The highest BCUT2D eigenvalue weighted by Gasteiger charge is 2.47. The fraction of sp³-hybridized carbons (Fsp3) is 0.583. The molecule has 96 valence electrons. The number of nitrogens with zero attached hydrogens (tertiary/aromatic N) is 3. The van der Waals surface area contributed by atoms with Gasteiger partial charge in [0.1, 0.15) is 6.04 Å². The second kappa shape index (κ2) is 4.05. The highest BCUT2D eigenvalue weighted by Crippen LogP contribution is 2.29. The minimum Gasteiger partial charge on any atom is -0.312 e. The lowest BCUT2D eigenvalue weighted by Crippen LogP contribution is -2.32. The quantitative estimate of drug-likeness (QED) is 0.765. The summed E-state index contributed by atoms with van der Waals surface area (Å²) in [5.41, 5.74) is 1.94. The summed E-state index contributed by atoms with van der Waals surface area (Å²) in [6, 6.07) is -0.336. The third-order valence-electron chi connectivity index (χ3n) is 3.78. The Labute approximate surface area is 110 Å². The molecule has 3 heterocycles. The molecular weight excluding hydrogens is 250 g/mol. The number of hydrogen-bond acceptors (Lipinski definition) is 4. The second-order valence-corrected chi connectivity index (χ2v) is 5.84. The molecule has 3 rings (SSSR count). The minimum atomic E-state index is -0.204. The Morgan fingerprint density at radius 1 is 1.39 bits per heavy atom. The molecule has 1 aromatic heterocycles. The van der Waals surface area contributed by atoms with Gasteiger partial charge in [0, 0.05) is 17.0 Å². The standard InChI is InChI=1S/C12H15N3O2S/c1-7-9(8(2)18-13-7)6-15-11(16)10-4-3-5-14(10)12(15)17/h10H,3-6H2,1-2H3. The van der Waals surface area contributed by atoms with Crippen LogP contribution in [0.15, 0.2) is 0 Å². The van der Waals surface area contributed by atoms with Crippen LogP contribution in [0.3, 0.4) is 0 Å². The van der Waals surface area contributed by atoms with Gasteiger partial charge in [0.2, 0.25) is 0 Å². The van der Waals surface area contributed by atoms with E-state index in [4.69, 9.17) is 0 Å². The first-order valence-electron chi connectivity index (χ1n) is 6.13.